The molecule has 1 aromatic carbocycles. The van der Waals surface area contributed by atoms with Gasteiger partial charge in [0.2, 0.25) is 0 Å². The molecule has 0 fully saturated rings. The summed E-state index contributed by atoms with van der Waals surface area (Å²) in [5.74, 6) is 1.93. The molecule has 144 valence electrons. The molecule has 0 atom stereocenters. The molecule has 0 unspecified atom stereocenters. The minimum atomic E-state index is -0.245. The van der Waals surface area contributed by atoms with E-state index in [4.69, 9.17) is 4.74 Å². The van der Waals surface area contributed by atoms with Crippen molar-refractivity contribution in [2.75, 3.05) is 13.7 Å². The number of hydrogen-bond donors (Lipinski definition) is 2. The summed E-state index contributed by atoms with van der Waals surface area (Å²) in [5, 5.41) is 7.06. The molecule has 0 aliphatic heterocycles. The van der Waals surface area contributed by atoms with Crippen molar-refractivity contribution in [1.82, 2.24) is 34.9 Å². The maximum atomic E-state index is 12.6. The molecule has 2 N–H and O–H groups in total. The van der Waals surface area contributed by atoms with Crippen molar-refractivity contribution in [1.29, 1.82) is 0 Å². The number of aromatic nitrogens is 6. The van der Waals surface area contributed by atoms with Gasteiger partial charge < -0.3 is 15.0 Å². The van der Waals surface area contributed by atoms with Gasteiger partial charge in [-0.1, -0.05) is 13.8 Å². The van der Waals surface area contributed by atoms with Crippen molar-refractivity contribution in [2.45, 2.75) is 26.2 Å². The monoisotopic (exact) mass is 379 g/mol. The van der Waals surface area contributed by atoms with Gasteiger partial charge in [-0.2, -0.15) is 10.1 Å². The van der Waals surface area contributed by atoms with Gasteiger partial charge >= 0.3 is 0 Å². The number of nitrogens with zero attached hydrogens (tertiary/aromatic N) is 5. The molecule has 0 aliphatic rings. The molecule has 9 heteroatoms. The zero-order valence-corrected chi connectivity index (χ0v) is 15.9. The first kappa shape index (κ1) is 17.9. The number of H-pyrrole nitrogens is 1. The molecule has 0 spiro atoms. The second-order valence-corrected chi connectivity index (χ2v) is 6.77. The first-order chi connectivity index (χ1) is 13.5. The van der Waals surface area contributed by atoms with Gasteiger partial charge in [-0.25, -0.2) is 14.5 Å². The highest BCUT2D eigenvalue weighted by molar-refractivity contribution is 5.92. The van der Waals surface area contributed by atoms with E-state index in [2.05, 4.69) is 30.4 Å². The Balaban J connectivity index is 1.45. The summed E-state index contributed by atoms with van der Waals surface area (Å²) < 4.78 is 6.88. The third-order valence-electron chi connectivity index (χ3n) is 4.49. The molecule has 9 nitrogen and oxygen atoms in total. The summed E-state index contributed by atoms with van der Waals surface area (Å²) >= 11 is 0. The number of hydrogen-bond acceptors (Lipinski definition) is 6. The maximum Gasteiger partial charge on any atom is 0.270 e. The second kappa shape index (κ2) is 7.26. The predicted octanol–water partition coefficient (Wildman–Crippen LogP) is 2.11. The summed E-state index contributed by atoms with van der Waals surface area (Å²) in [7, 11) is 1.63. The maximum absolute atomic E-state index is 12.6. The highest BCUT2D eigenvalue weighted by Crippen LogP contribution is 2.19. The Bertz CT molecular complexity index is 1150. The third kappa shape index (κ3) is 3.38. The molecule has 0 radical (unpaired) electrons. The minimum absolute atomic E-state index is 0.186. The number of aromatic amines is 1. The molecule has 0 saturated heterocycles. The van der Waals surface area contributed by atoms with Crippen molar-refractivity contribution in [3.63, 3.8) is 0 Å². The van der Waals surface area contributed by atoms with Crippen molar-refractivity contribution in [2.24, 2.45) is 0 Å². The van der Waals surface area contributed by atoms with E-state index in [1.54, 1.807) is 17.7 Å². The topological polar surface area (TPSA) is 110 Å². The number of carbonyl (C=O) groups is 1. The van der Waals surface area contributed by atoms with Crippen molar-refractivity contribution >= 4 is 22.7 Å². The number of amides is 1. The van der Waals surface area contributed by atoms with Gasteiger partial charge in [0.25, 0.3) is 11.7 Å². The number of benzene rings is 1. The highest BCUT2D eigenvalue weighted by Gasteiger charge is 2.15. The van der Waals surface area contributed by atoms with Crippen molar-refractivity contribution < 1.29 is 9.53 Å². The predicted molar refractivity (Wildman–Crippen MR) is 104 cm³/mol. The van der Waals surface area contributed by atoms with Crippen LogP contribution in [0.15, 0.2) is 30.6 Å². The molecule has 0 saturated carbocycles. The zero-order chi connectivity index (χ0) is 19.7. The van der Waals surface area contributed by atoms with Crippen LogP contribution in [0.5, 0.6) is 5.75 Å². The van der Waals surface area contributed by atoms with E-state index in [1.807, 2.05) is 32.0 Å². The van der Waals surface area contributed by atoms with Crippen LogP contribution in [0.1, 0.15) is 41.8 Å². The van der Waals surface area contributed by atoms with E-state index in [1.165, 1.54) is 6.33 Å². The summed E-state index contributed by atoms with van der Waals surface area (Å²) in [4.78, 5) is 28.7. The van der Waals surface area contributed by atoms with Crippen LogP contribution in [0.3, 0.4) is 0 Å². The van der Waals surface area contributed by atoms with Crippen LogP contribution in [-0.4, -0.2) is 49.1 Å². The quantitative estimate of drug-likeness (QED) is 0.531. The van der Waals surface area contributed by atoms with Gasteiger partial charge in [-0.3, -0.25) is 4.79 Å². The second-order valence-electron chi connectivity index (χ2n) is 6.77. The Hall–Kier alpha value is -3.49. The SMILES string of the molecule is COc1ccc2nc(CCNC(=O)c3cc(C(C)C)n4ncnc4n3)[nH]c2c1. The molecule has 4 rings (SSSR count). The fourth-order valence-corrected chi connectivity index (χ4v) is 3.03. The molecular formula is C19H21N7O2. The summed E-state index contributed by atoms with van der Waals surface area (Å²) in [6.07, 6.45) is 2.01. The molecule has 3 heterocycles. The van der Waals surface area contributed by atoms with E-state index in [0.29, 0.717) is 24.4 Å². The zero-order valence-electron chi connectivity index (χ0n) is 15.9. The van der Waals surface area contributed by atoms with Crippen LogP contribution in [0.25, 0.3) is 16.8 Å². The minimum Gasteiger partial charge on any atom is -0.497 e. The van der Waals surface area contributed by atoms with E-state index in [0.717, 1.165) is 28.3 Å². The van der Waals surface area contributed by atoms with Crippen LogP contribution in [0.2, 0.25) is 0 Å². The third-order valence-corrected chi connectivity index (χ3v) is 4.49. The normalized spacial score (nSPS) is 11.4. The first-order valence-electron chi connectivity index (χ1n) is 9.06. The fourth-order valence-electron chi connectivity index (χ4n) is 3.03. The number of carbonyl (C=O) groups excluding carboxylic acids is 1. The summed E-state index contributed by atoms with van der Waals surface area (Å²) in [6, 6.07) is 7.43. The number of ether oxygens (including phenoxy) is 1. The fraction of sp³-hybridized carbons (Fsp3) is 0.316. The molecular weight excluding hydrogens is 358 g/mol. The Morgan fingerprint density at radius 3 is 2.93 bits per heavy atom. The first-order valence-corrected chi connectivity index (χ1v) is 9.06. The van der Waals surface area contributed by atoms with Crippen molar-refractivity contribution in [3.05, 3.63) is 47.8 Å². The van der Waals surface area contributed by atoms with Crippen LogP contribution in [0, 0.1) is 0 Å². The number of rotatable bonds is 6. The number of nitrogens with one attached hydrogen (secondary N) is 2. The van der Waals surface area contributed by atoms with Crippen LogP contribution in [0.4, 0.5) is 0 Å². The van der Waals surface area contributed by atoms with Gasteiger partial charge in [0.1, 0.15) is 23.6 Å². The Kier molecular flexibility index (Phi) is 4.64. The largest absolute Gasteiger partial charge is 0.497 e. The van der Waals surface area contributed by atoms with E-state index in [9.17, 15) is 4.79 Å². The van der Waals surface area contributed by atoms with Gasteiger partial charge in [-0.05, 0) is 24.1 Å². The highest BCUT2D eigenvalue weighted by atomic mass is 16.5. The lowest BCUT2D eigenvalue weighted by molar-refractivity contribution is 0.0949. The van der Waals surface area contributed by atoms with Crippen LogP contribution >= 0.6 is 0 Å². The van der Waals surface area contributed by atoms with E-state index < -0.39 is 0 Å². The standard InChI is InChI=1S/C19H21N7O2/c1-11(2)16-9-15(25-19-21-10-22-26(16)19)18(27)20-7-6-17-23-13-5-4-12(28-3)8-14(13)24-17/h4-5,8-11H,6-7H2,1-3H3,(H,20,27)(H,23,24). The molecule has 1 amide bonds. The number of methoxy groups -OCH3 is 1. The van der Waals surface area contributed by atoms with Crippen LogP contribution < -0.4 is 10.1 Å². The van der Waals surface area contributed by atoms with Gasteiger partial charge in [0.05, 0.1) is 23.8 Å². The average molecular weight is 379 g/mol. The summed E-state index contributed by atoms with van der Waals surface area (Å²) in [5.41, 5.74) is 2.99. The van der Waals surface area contributed by atoms with Crippen molar-refractivity contribution in [3.8, 4) is 5.75 Å². The lowest BCUT2D eigenvalue weighted by Gasteiger charge is -2.10. The molecule has 4 aromatic rings. The molecule has 3 aromatic heterocycles. The summed E-state index contributed by atoms with van der Waals surface area (Å²) in [6.45, 7) is 4.51. The van der Waals surface area contributed by atoms with Gasteiger partial charge in [-0.15, -0.1) is 0 Å². The number of fused-ring (bicyclic) bond motifs is 2. The Morgan fingerprint density at radius 2 is 2.14 bits per heavy atom. The van der Waals surface area contributed by atoms with Crippen LogP contribution in [-0.2, 0) is 6.42 Å². The molecule has 28 heavy (non-hydrogen) atoms. The smallest absolute Gasteiger partial charge is 0.270 e. The van der Waals surface area contributed by atoms with Gasteiger partial charge in [0.15, 0.2) is 0 Å². The molecule has 0 aliphatic carbocycles. The average Bonchev–Trinajstić information content (AvgIpc) is 3.32. The lowest BCUT2D eigenvalue weighted by atomic mass is 10.1. The van der Waals surface area contributed by atoms with E-state index >= 15 is 0 Å². The molecule has 0 bridgehead atoms. The lowest BCUT2D eigenvalue weighted by Crippen LogP contribution is -2.27. The Labute approximate surface area is 161 Å². The number of imidazole rings is 1. The van der Waals surface area contributed by atoms with Gasteiger partial charge in [0, 0.05) is 19.0 Å². The Morgan fingerprint density at radius 1 is 1.29 bits per heavy atom. The van der Waals surface area contributed by atoms with E-state index in [-0.39, 0.29) is 11.8 Å².